The highest BCUT2D eigenvalue weighted by molar-refractivity contribution is 7.81. The molecule has 1 saturated heterocycles. The van der Waals surface area contributed by atoms with Crippen LogP contribution in [-0.4, -0.2) is 38.1 Å². The van der Waals surface area contributed by atoms with Crippen LogP contribution in [0.1, 0.15) is 25.3 Å². The number of hydrogen-bond donors (Lipinski definition) is 1. The number of likely N-dealkylation sites (tertiary alicyclic amines) is 1. The van der Waals surface area contributed by atoms with Crippen molar-refractivity contribution < 1.29 is 21.6 Å². The Morgan fingerprint density at radius 1 is 1.40 bits per heavy atom. The molecular formula is C13H18FNO4S. The molecule has 1 aromatic rings. The first-order valence-electron chi connectivity index (χ1n) is 6.37. The van der Waals surface area contributed by atoms with Gasteiger partial charge < -0.3 is 14.2 Å². The van der Waals surface area contributed by atoms with E-state index in [1.807, 2.05) is 7.05 Å². The minimum Gasteiger partial charge on any atom is -0.384 e. The summed E-state index contributed by atoms with van der Waals surface area (Å²) in [7, 11) is -3.06. The van der Waals surface area contributed by atoms with Crippen molar-refractivity contribution in [3.05, 3.63) is 29.8 Å². The predicted octanol–water partition coefficient (Wildman–Crippen LogP) is 1.58. The van der Waals surface area contributed by atoms with Crippen LogP contribution in [0.2, 0.25) is 0 Å². The van der Waals surface area contributed by atoms with E-state index in [4.69, 9.17) is 0 Å². The van der Waals surface area contributed by atoms with Gasteiger partial charge in [-0.25, -0.2) is 0 Å². The van der Waals surface area contributed by atoms with Crippen molar-refractivity contribution >= 4 is 10.5 Å². The van der Waals surface area contributed by atoms with Crippen molar-refractivity contribution in [2.75, 3.05) is 13.6 Å². The maximum absolute atomic E-state index is 12.4. The van der Waals surface area contributed by atoms with E-state index in [2.05, 4.69) is 9.08 Å². The van der Waals surface area contributed by atoms with Gasteiger partial charge in [0, 0.05) is 6.04 Å². The Bertz CT molecular complexity index is 571. The van der Waals surface area contributed by atoms with Gasteiger partial charge in [0.1, 0.15) is 11.4 Å². The fourth-order valence-electron chi connectivity index (χ4n) is 2.78. The van der Waals surface area contributed by atoms with E-state index >= 15 is 0 Å². The van der Waals surface area contributed by atoms with Crippen LogP contribution in [0.5, 0.6) is 5.75 Å². The van der Waals surface area contributed by atoms with Gasteiger partial charge in [-0.2, -0.15) is 8.42 Å². The van der Waals surface area contributed by atoms with Crippen LogP contribution in [0.25, 0.3) is 0 Å². The summed E-state index contributed by atoms with van der Waals surface area (Å²) in [5.41, 5.74) is -0.418. The van der Waals surface area contributed by atoms with E-state index in [-0.39, 0.29) is 11.8 Å². The van der Waals surface area contributed by atoms with Gasteiger partial charge in [-0.3, -0.25) is 0 Å². The van der Waals surface area contributed by atoms with Crippen molar-refractivity contribution in [2.24, 2.45) is 0 Å². The molecule has 1 heterocycles. The van der Waals surface area contributed by atoms with Crippen LogP contribution in [0.15, 0.2) is 24.3 Å². The van der Waals surface area contributed by atoms with Gasteiger partial charge >= 0.3 is 10.5 Å². The molecule has 1 fully saturated rings. The summed E-state index contributed by atoms with van der Waals surface area (Å²) >= 11 is 0. The lowest BCUT2D eigenvalue weighted by molar-refractivity contribution is -0.0152. The molecule has 20 heavy (non-hydrogen) atoms. The Morgan fingerprint density at radius 2 is 2.00 bits per heavy atom. The third-order valence-electron chi connectivity index (χ3n) is 3.80. The molecule has 0 amide bonds. The maximum atomic E-state index is 12.4. The molecule has 1 aromatic carbocycles. The number of likely N-dealkylation sites (N-methyl/N-ethyl adjacent to an activating group) is 1. The molecule has 2 atom stereocenters. The van der Waals surface area contributed by atoms with Gasteiger partial charge in [-0.05, 0) is 51.1 Å². The van der Waals surface area contributed by atoms with E-state index < -0.39 is 16.1 Å². The SMILES string of the molecule is CN1CCC[C@@H]1C(C)(O)c1ccc(OS(=O)(=O)F)cc1. The predicted molar refractivity (Wildman–Crippen MR) is 72.3 cm³/mol. The molecule has 5 nitrogen and oxygen atoms in total. The number of rotatable bonds is 4. The van der Waals surface area contributed by atoms with Crippen molar-refractivity contribution in [1.82, 2.24) is 4.90 Å². The summed E-state index contributed by atoms with van der Waals surface area (Å²) in [4.78, 5) is 2.09. The lowest BCUT2D eigenvalue weighted by Gasteiger charge is -2.35. The molecule has 1 aliphatic heterocycles. The maximum Gasteiger partial charge on any atom is 0.488 e. The Kier molecular flexibility index (Phi) is 4.04. The molecule has 0 aromatic heterocycles. The van der Waals surface area contributed by atoms with E-state index in [1.165, 1.54) is 12.1 Å². The highest BCUT2D eigenvalue weighted by Gasteiger charge is 2.38. The van der Waals surface area contributed by atoms with Crippen LogP contribution in [-0.2, 0) is 16.1 Å². The Balaban J connectivity index is 2.20. The van der Waals surface area contributed by atoms with E-state index in [9.17, 15) is 17.4 Å². The zero-order valence-corrected chi connectivity index (χ0v) is 12.2. The Morgan fingerprint density at radius 3 is 2.45 bits per heavy atom. The molecule has 1 unspecified atom stereocenters. The van der Waals surface area contributed by atoms with Gasteiger partial charge in [0.2, 0.25) is 0 Å². The number of halogens is 1. The molecule has 0 spiro atoms. The summed E-state index contributed by atoms with van der Waals surface area (Å²) in [6.45, 7) is 2.66. The molecule has 2 rings (SSSR count). The fraction of sp³-hybridized carbons (Fsp3) is 0.538. The molecule has 0 aliphatic carbocycles. The first-order chi connectivity index (χ1) is 9.20. The van der Waals surface area contributed by atoms with Gasteiger partial charge in [0.15, 0.2) is 0 Å². The lowest BCUT2D eigenvalue weighted by Crippen LogP contribution is -2.43. The highest BCUT2D eigenvalue weighted by Crippen LogP contribution is 2.34. The summed E-state index contributed by atoms with van der Waals surface area (Å²) in [5.74, 6) is -0.119. The fourth-order valence-corrected chi connectivity index (χ4v) is 3.12. The van der Waals surface area contributed by atoms with Crippen LogP contribution in [0.3, 0.4) is 0 Å². The molecular weight excluding hydrogens is 285 g/mol. The second-order valence-corrected chi connectivity index (χ2v) is 6.24. The van der Waals surface area contributed by atoms with Crippen LogP contribution in [0, 0.1) is 0 Å². The van der Waals surface area contributed by atoms with E-state index in [1.54, 1.807) is 19.1 Å². The zero-order chi connectivity index (χ0) is 15.0. The molecule has 7 heteroatoms. The van der Waals surface area contributed by atoms with E-state index in [0.717, 1.165) is 19.4 Å². The molecule has 0 bridgehead atoms. The number of benzene rings is 1. The normalized spacial score (nSPS) is 23.5. The van der Waals surface area contributed by atoms with Crippen molar-refractivity contribution in [1.29, 1.82) is 0 Å². The second kappa shape index (κ2) is 5.31. The lowest BCUT2D eigenvalue weighted by atomic mass is 9.87. The monoisotopic (exact) mass is 303 g/mol. The quantitative estimate of drug-likeness (QED) is 0.856. The number of aliphatic hydroxyl groups is 1. The topological polar surface area (TPSA) is 66.8 Å². The molecule has 1 N–H and O–H groups in total. The molecule has 112 valence electrons. The molecule has 1 aliphatic rings. The van der Waals surface area contributed by atoms with Crippen molar-refractivity contribution in [3.8, 4) is 5.75 Å². The first-order valence-corrected chi connectivity index (χ1v) is 7.68. The summed E-state index contributed by atoms with van der Waals surface area (Å²) in [6.07, 6.45) is 1.92. The Labute approximate surface area is 118 Å². The average Bonchev–Trinajstić information content (AvgIpc) is 2.74. The standard InChI is InChI=1S/C13H18FNO4S/c1-13(16,12-4-3-9-15(12)2)10-5-7-11(8-6-10)19-20(14,17)18/h5-8,12,16H,3-4,9H2,1-2H3/t12-,13?/m1/s1. The van der Waals surface area contributed by atoms with Gasteiger partial charge in [0.25, 0.3) is 0 Å². The Hall–Kier alpha value is -1.18. The third-order valence-corrected chi connectivity index (χ3v) is 4.20. The van der Waals surface area contributed by atoms with Crippen LogP contribution < -0.4 is 4.18 Å². The minimum absolute atomic E-state index is 0.000763. The number of hydrogen-bond acceptors (Lipinski definition) is 5. The summed E-state index contributed by atoms with van der Waals surface area (Å²) in [5, 5.41) is 10.7. The van der Waals surface area contributed by atoms with Crippen LogP contribution >= 0.6 is 0 Å². The van der Waals surface area contributed by atoms with Crippen LogP contribution in [0.4, 0.5) is 3.89 Å². The highest BCUT2D eigenvalue weighted by atomic mass is 32.3. The first kappa shape index (κ1) is 15.2. The van der Waals surface area contributed by atoms with E-state index in [0.29, 0.717) is 5.56 Å². The summed E-state index contributed by atoms with van der Waals surface area (Å²) < 4.78 is 37.3. The van der Waals surface area contributed by atoms with Gasteiger partial charge in [0.05, 0.1) is 0 Å². The van der Waals surface area contributed by atoms with Gasteiger partial charge in [-0.15, -0.1) is 0 Å². The smallest absolute Gasteiger partial charge is 0.384 e. The van der Waals surface area contributed by atoms with Crippen molar-refractivity contribution in [2.45, 2.75) is 31.4 Å². The number of nitrogens with zero attached hydrogens (tertiary/aromatic N) is 1. The van der Waals surface area contributed by atoms with Crippen molar-refractivity contribution in [3.63, 3.8) is 0 Å². The molecule has 0 saturated carbocycles. The minimum atomic E-state index is -5.02. The average molecular weight is 303 g/mol. The molecule has 0 radical (unpaired) electrons. The zero-order valence-electron chi connectivity index (χ0n) is 11.4. The second-order valence-electron chi connectivity index (χ2n) is 5.29. The van der Waals surface area contributed by atoms with Gasteiger partial charge in [-0.1, -0.05) is 16.0 Å². The summed E-state index contributed by atoms with van der Waals surface area (Å²) in [6, 6.07) is 5.75. The largest absolute Gasteiger partial charge is 0.488 e. The third kappa shape index (κ3) is 3.28.